The highest BCUT2D eigenvalue weighted by Crippen LogP contribution is 2.35. The lowest BCUT2D eigenvalue weighted by molar-refractivity contribution is -0.136. The van der Waals surface area contributed by atoms with E-state index in [-0.39, 0.29) is 22.8 Å². The standard InChI is InChI=1S/C22H10F5NO5/c23-16-17(24)19(26)22(20(27)18(16)25)31-9-15(29)32-11-4-5-12-13(8-11)33-14(21(12)30)7-10-3-1-2-6-28-10/h1-8H,9H2/b14-7-. The maximum Gasteiger partial charge on any atom is 0.349 e. The summed E-state index contributed by atoms with van der Waals surface area (Å²) in [5, 5.41) is 0. The van der Waals surface area contributed by atoms with Crippen molar-refractivity contribution in [3.05, 3.63) is 88.7 Å². The van der Waals surface area contributed by atoms with Gasteiger partial charge in [0, 0.05) is 18.3 Å². The molecule has 0 unspecified atom stereocenters. The second-order valence-corrected chi connectivity index (χ2v) is 6.51. The zero-order chi connectivity index (χ0) is 23.7. The van der Waals surface area contributed by atoms with Gasteiger partial charge in [-0.25, -0.2) is 18.0 Å². The van der Waals surface area contributed by atoms with Crippen molar-refractivity contribution in [1.29, 1.82) is 0 Å². The van der Waals surface area contributed by atoms with Crippen molar-refractivity contribution < 1.29 is 45.8 Å². The molecule has 3 aromatic rings. The summed E-state index contributed by atoms with van der Waals surface area (Å²) in [5.41, 5.74) is 0.667. The lowest BCUT2D eigenvalue weighted by atomic mass is 10.1. The molecule has 2 heterocycles. The Labute approximate surface area is 181 Å². The smallest absolute Gasteiger partial charge is 0.349 e. The van der Waals surface area contributed by atoms with E-state index >= 15 is 0 Å². The van der Waals surface area contributed by atoms with Crippen molar-refractivity contribution >= 4 is 17.8 Å². The molecule has 6 nitrogen and oxygen atoms in total. The highest BCUT2D eigenvalue weighted by molar-refractivity contribution is 6.14. The van der Waals surface area contributed by atoms with Gasteiger partial charge in [-0.1, -0.05) is 6.07 Å². The number of rotatable bonds is 5. The van der Waals surface area contributed by atoms with E-state index < -0.39 is 53.2 Å². The molecule has 0 amide bonds. The Morgan fingerprint density at radius 3 is 2.33 bits per heavy atom. The molecule has 0 bridgehead atoms. The third kappa shape index (κ3) is 4.25. The molecule has 0 aliphatic carbocycles. The van der Waals surface area contributed by atoms with E-state index in [4.69, 9.17) is 9.47 Å². The Balaban J connectivity index is 1.45. The average Bonchev–Trinajstić information content (AvgIpc) is 3.11. The summed E-state index contributed by atoms with van der Waals surface area (Å²) < 4.78 is 81.5. The first kappa shape index (κ1) is 21.9. The number of aromatic nitrogens is 1. The van der Waals surface area contributed by atoms with Gasteiger partial charge in [0.05, 0.1) is 11.3 Å². The molecule has 4 rings (SSSR count). The Morgan fingerprint density at radius 2 is 1.67 bits per heavy atom. The fourth-order valence-electron chi connectivity index (χ4n) is 2.83. The van der Waals surface area contributed by atoms with Gasteiger partial charge in [0.15, 0.2) is 18.1 Å². The molecule has 33 heavy (non-hydrogen) atoms. The van der Waals surface area contributed by atoms with Gasteiger partial charge >= 0.3 is 5.97 Å². The number of carbonyl (C=O) groups excluding carboxylic acids is 2. The summed E-state index contributed by atoms with van der Waals surface area (Å²) in [6.45, 7) is -1.17. The monoisotopic (exact) mass is 463 g/mol. The molecule has 168 valence electrons. The number of hydrogen-bond donors (Lipinski definition) is 0. The van der Waals surface area contributed by atoms with Crippen LogP contribution in [0, 0.1) is 29.1 Å². The minimum Gasteiger partial charge on any atom is -0.476 e. The maximum absolute atomic E-state index is 13.6. The van der Waals surface area contributed by atoms with Gasteiger partial charge in [0.1, 0.15) is 11.5 Å². The van der Waals surface area contributed by atoms with E-state index in [1.807, 2.05) is 0 Å². The Hall–Kier alpha value is -4.28. The van der Waals surface area contributed by atoms with Crippen molar-refractivity contribution in [3.8, 4) is 17.2 Å². The van der Waals surface area contributed by atoms with Crippen molar-refractivity contribution in [3.63, 3.8) is 0 Å². The number of nitrogens with zero attached hydrogens (tertiary/aromatic N) is 1. The van der Waals surface area contributed by atoms with Crippen LogP contribution in [0.25, 0.3) is 6.08 Å². The van der Waals surface area contributed by atoms with Crippen LogP contribution in [0.4, 0.5) is 22.0 Å². The third-order valence-corrected chi connectivity index (χ3v) is 4.34. The van der Waals surface area contributed by atoms with Crippen LogP contribution in [-0.4, -0.2) is 23.3 Å². The van der Waals surface area contributed by atoms with E-state index in [0.29, 0.717) is 5.69 Å². The molecule has 0 saturated carbocycles. The van der Waals surface area contributed by atoms with Crippen LogP contribution in [0.15, 0.2) is 48.4 Å². The van der Waals surface area contributed by atoms with Gasteiger partial charge in [-0.2, -0.15) is 8.78 Å². The van der Waals surface area contributed by atoms with Crippen LogP contribution in [0.2, 0.25) is 0 Å². The van der Waals surface area contributed by atoms with E-state index in [2.05, 4.69) is 9.72 Å². The maximum atomic E-state index is 13.6. The lowest BCUT2D eigenvalue weighted by Gasteiger charge is -2.10. The van der Waals surface area contributed by atoms with Crippen LogP contribution in [-0.2, 0) is 4.79 Å². The topological polar surface area (TPSA) is 74.7 Å². The molecule has 1 aliphatic rings. The van der Waals surface area contributed by atoms with Gasteiger partial charge in [0.25, 0.3) is 0 Å². The van der Waals surface area contributed by atoms with Crippen molar-refractivity contribution in [1.82, 2.24) is 4.98 Å². The first-order valence-electron chi connectivity index (χ1n) is 9.10. The molecule has 0 spiro atoms. The van der Waals surface area contributed by atoms with E-state index in [1.165, 1.54) is 30.5 Å². The Bertz CT molecular complexity index is 1280. The van der Waals surface area contributed by atoms with Crippen LogP contribution in [0.1, 0.15) is 16.1 Å². The molecule has 0 radical (unpaired) electrons. The number of ether oxygens (including phenoxy) is 3. The molecule has 1 aromatic heterocycles. The van der Waals surface area contributed by atoms with E-state index in [0.717, 1.165) is 0 Å². The summed E-state index contributed by atoms with van der Waals surface area (Å²) in [6.07, 6.45) is 2.96. The molecule has 0 fully saturated rings. The largest absolute Gasteiger partial charge is 0.476 e. The number of fused-ring (bicyclic) bond motifs is 1. The van der Waals surface area contributed by atoms with Gasteiger partial charge in [-0.05, 0) is 24.3 Å². The zero-order valence-electron chi connectivity index (χ0n) is 16.2. The van der Waals surface area contributed by atoms with Gasteiger partial charge in [-0.15, -0.1) is 0 Å². The number of pyridine rings is 1. The second-order valence-electron chi connectivity index (χ2n) is 6.51. The first-order chi connectivity index (χ1) is 15.8. The third-order valence-electron chi connectivity index (χ3n) is 4.34. The number of allylic oxidation sites excluding steroid dienone is 1. The van der Waals surface area contributed by atoms with Crippen LogP contribution < -0.4 is 14.2 Å². The number of hydrogen-bond acceptors (Lipinski definition) is 6. The summed E-state index contributed by atoms with van der Waals surface area (Å²) in [7, 11) is 0. The average molecular weight is 463 g/mol. The summed E-state index contributed by atoms with van der Waals surface area (Å²) in [5.74, 6) is -14.6. The fourth-order valence-corrected chi connectivity index (χ4v) is 2.83. The minimum absolute atomic E-state index is 0.0122. The molecule has 0 N–H and O–H groups in total. The molecular formula is C22H10F5NO5. The summed E-state index contributed by atoms with van der Waals surface area (Å²) >= 11 is 0. The summed E-state index contributed by atoms with van der Waals surface area (Å²) in [4.78, 5) is 28.4. The number of benzene rings is 2. The zero-order valence-corrected chi connectivity index (χ0v) is 16.2. The quantitative estimate of drug-likeness (QED) is 0.140. The Kier molecular flexibility index (Phi) is 5.78. The van der Waals surface area contributed by atoms with Gasteiger partial charge < -0.3 is 14.2 Å². The molecule has 0 saturated heterocycles. The highest BCUT2D eigenvalue weighted by atomic mass is 19.2. The van der Waals surface area contributed by atoms with Crippen molar-refractivity contribution in [2.75, 3.05) is 6.61 Å². The molecule has 1 aliphatic heterocycles. The molecular weight excluding hydrogens is 453 g/mol. The predicted octanol–water partition coefficient (Wildman–Crippen LogP) is 4.38. The molecule has 11 heteroatoms. The minimum atomic E-state index is -2.36. The van der Waals surface area contributed by atoms with E-state index in [1.54, 1.807) is 18.2 Å². The van der Waals surface area contributed by atoms with Gasteiger partial charge in [0.2, 0.25) is 34.9 Å². The first-order valence-corrected chi connectivity index (χ1v) is 9.10. The van der Waals surface area contributed by atoms with E-state index in [9.17, 15) is 31.5 Å². The van der Waals surface area contributed by atoms with Gasteiger partial charge in [-0.3, -0.25) is 9.78 Å². The summed E-state index contributed by atoms with van der Waals surface area (Å²) in [6, 6.07) is 8.86. The predicted molar refractivity (Wildman–Crippen MR) is 101 cm³/mol. The number of carbonyl (C=O) groups is 2. The SMILES string of the molecule is O=C(COc1c(F)c(F)c(F)c(F)c1F)Oc1ccc2c(c1)O/C(=C\c1ccccn1)C2=O. The molecule has 2 aromatic carbocycles. The highest BCUT2D eigenvalue weighted by Gasteiger charge is 2.29. The lowest BCUT2D eigenvalue weighted by Crippen LogP contribution is -2.19. The van der Waals surface area contributed by atoms with Crippen molar-refractivity contribution in [2.24, 2.45) is 0 Å². The number of esters is 1. The van der Waals surface area contributed by atoms with Crippen LogP contribution in [0.5, 0.6) is 17.2 Å². The Morgan fingerprint density at radius 1 is 0.970 bits per heavy atom. The number of ketones is 1. The van der Waals surface area contributed by atoms with Crippen molar-refractivity contribution in [2.45, 2.75) is 0 Å². The van der Waals surface area contributed by atoms with Crippen LogP contribution >= 0.6 is 0 Å². The fraction of sp³-hybridized carbons (Fsp3) is 0.0455. The molecule has 0 atom stereocenters. The second kappa shape index (κ2) is 8.69. The number of Topliss-reactive ketones (excluding diaryl/α,β-unsaturated/α-hetero) is 1. The van der Waals surface area contributed by atoms with Crippen LogP contribution in [0.3, 0.4) is 0 Å². The number of halogens is 5. The normalized spacial score (nSPS) is 13.6.